The van der Waals surface area contributed by atoms with Crippen LogP contribution in [-0.2, 0) is 17.4 Å². The summed E-state index contributed by atoms with van der Waals surface area (Å²) in [5.74, 6) is -0.157. The molecule has 1 aliphatic rings. The van der Waals surface area contributed by atoms with Gasteiger partial charge in [0.15, 0.2) is 5.82 Å². The number of nitrogens with two attached hydrogens (primary N) is 2. The maximum atomic E-state index is 11.8. The number of hydrogen-bond acceptors (Lipinski definition) is 7. The monoisotopic (exact) mass is 503 g/mol. The molecule has 0 bridgehead atoms. The molecule has 2 unspecified atom stereocenters. The van der Waals surface area contributed by atoms with Crippen LogP contribution in [0, 0.1) is 0 Å². The van der Waals surface area contributed by atoms with E-state index in [0.717, 1.165) is 17.7 Å². The second-order valence-electron chi connectivity index (χ2n) is 7.95. The number of fused-ring (bicyclic) bond motifs is 1. The van der Waals surface area contributed by atoms with Crippen molar-refractivity contribution in [2.45, 2.75) is 31.7 Å². The summed E-state index contributed by atoms with van der Waals surface area (Å²) in [5, 5.41) is 12.5. The molecule has 0 saturated heterocycles. The molecule has 6 N–H and O–H groups in total. The summed E-state index contributed by atoms with van der Waals surface area (Å²) in [6, 6.07) is 12.3. The van der Waals surface area contributed by atoms with Crippen LogP contribution in [0.25, 0.3) is 11.4 Å². The van der Waals surface area contributed by atoms with Crippen LogP contribution >= 0.6 is 0 Å². The van der Waals surface area contributed by atoms with Crippen molar-refractivity contribution < 1.29 is 32.6 Å². The van der Waals surface area contributed by atoms with Crippen LogP contribution in [0.5, 0.6) is 5.75 Å². The first-order valence-electron chi connectivity index (χ1n) is 10.7. The van der Waals surface area contributed by atoms with Gasteiger partial charge in [-0.2, -0.15) is 13.2 Å². The Morgan fingerprint density at radius 2 is 1.81 bits per heavy atom. The topological polar surface area (TPSA) is 153 Å². The summed E-state index contributed by atoms with van der Waals surface area (Å²) in [5.41, 5.74) is 11.5. The molecule has 0 spiro atoms. The highest BCUT2D eigenvalue weighted by Crippen LogP contribution is 2.30. The SMILES string of the molecule is CC(Nc1cc(C(N)=O)nc(-c2ccc3c(c2)OCC(O)C3)n1)C(N)=O.FC(F)(F)c1ccccc1. The van der Waals surface area contributed by atoms with Crippen molar-refractivity contribution in [1.82, 2.24) is 9.97 Å². The maximum Gasteiger partial charge on any atom is 0.416 e. The number of nitrogens with one attached hydrogen (secondary N) is 1. The maximum absolute atomic E-state index is 11.8. The molecule has 3 aromatic rings. The van der Waals surface area contributed by atoms with Gasteiger partial charge in [0, 0.05) is 18.1 Å². The van der Waals surface area contributed by atoms with Gasteiger partial charge in [0.25, 0.3) is 5.91 Å². The Morgan fingerprint density at radius 1 is 1.11 bits per heavy atom. The standard InChI is InChI=1S/C17H19N5O4.C7H5F3/c1-8(15(18)24)20-14-6-12(16(19)25)21-17(22-14)10-3-2-9-4-11(23)7-26-13(9)5-10;8-7(9,10)6-4-2-1-3-5-6/h2-3,5-6,8,11,23H,4,7H2,1H3,(H2,18,24)(H2,19,25)(H,20,21,22);1-5H. The average molecular weight is 503 g/mol. The molecular weight excluding hydrogens is 479 g/mol. The number of anilines is 1. The third-order valence-electron chi connectivity index (χ3n) is 5.08. The molecule has 2 heterocycles. The minimum absolute atomic E-state index is 0.00299. The zero-order chi connectivity index (χ0) is 26.5. The van der Waals surface area contributed by atoms with Crippen molar-refractivity contribution in [1.29, 1.82) is 0 Å². The number of amides is 2. The number of benzene rings is 2. The van der Waals surface area contributed by atoms with Gasteiger partial charge in [0.2, 0.25) is 5.91 Å². The van der Waals surface area contributed by atoms with Crippen molar-refractivity contribution in [3.63, 3.8) is 0 Å². The fourth-order valence-electron chi connectivity index (χ4n) is 3.19. The molecular formula is C24H24F3N5O4. The van der Waals surface area contributed by atoms with Crippen LogP contribution in [0.4, 0.5) is 19.0 Å². The number of rotatable bonds is 5. The molecule has 1 aromatic heterocycles. The number of alkyl halides is 3. The van der Waals surface area contributed by atoms with Gasteiger partial charge in [0.1, 0.15) is 29.9 Å². The number of primary amides is 2. The normalized spacial score (nSPS) is 15.4. The molecule has 4 rings (SSSR count). The third-order valence-corrected chi connectivity index (χ3v) is 5.08. The zero-order valence-electron chi connectivity index (χ0n) is 19.1. The van der Waals surface area contributed by atoms with Crippen LogP contribution in [0.2, 0.25) is 0 Å². The molecule has 2 atom stereocenters. The van der Waals surface area contributed by atoms with E-state index in [1.807, 2.05) is 6.07 Å². The lowest BCUT2D eigenvalue weighted by atomic mass is 10.0. The van der Waals surface area contributed by atoms with E-state index in [0.29, 0.717) is 17.7 Å². The lowest BCUT2D eigenvalue weighted by Crippen LogP contribution is -2.33. The van der Waals surface area contributed by atoms with Crippen molar-refractivity contribution in [2.24, 2.45) is 11.5 Å². The van der Waals surface area contributed by atoms with E-state index in [2.05, 4.69) is 15.3 Å². The minimum Gasteiger partial charge on any atom is -0.491 e. The fourth-order valence-corrected chi connectivity index (χ4v) is 3.19. The Morgan fingerprint density at radius 3 is 2.39 bits per heavy atom. The van der Waals surface area contributed by atoms with Gasteiger partial charge in [-0.1, -0.05) is 42.5 Å². The first-order valence-corrected chi connectivity index (χ1v) is 10.7. The quantitative estimate of drug-likeness (QED) is 0.417. The van der Waals surface area contributed by atoms with Gasteiger partial charge < -0.3 is 26.6 Å². The number of carbonyl (C=O) groups is 2. The Bertz CT molecular complexity index is 1240. The smallest absolute Gasteiger partial charge is 0.416 e. The summed E-state index contributed by atoms with van der Waals surface area (Å²) in [4.78, 5) is 31.3. The van der Waals surface area contributed by atoms with Gasteiger partial charge >= 0.3 is 6.18 Å². The first-order chi connectivity index (χ1) is 16.9. The largest absolute Gasteiger partial charge is 0.491 e. The highest BCUT2D eigenvalue weighted by molar-refractivity contribution is 5.92. The molecule has 12 heteroatoms. The molecule has 190 valence electrons. The Balaban J connectivity index is 0.000000303. The predicted octanol–water partition coefficient (Wildman–Crippen LogP) is 2.53. The van der Waals surface area contributed by atoms with Crippen LogP contribution in [0.1, 0.15) is 28.5 Å². The number of ether oxygens (including phenoxy) is 1. The van der Waals surface area contributed by atoms with E-state index >= 15 is 0 Å². The van der Waals surface area contributed by atoms with Crippen LogP contribution in [0.3, 0.4) is 0 Å². The minimum atomic E-state index is -4.21. The number of nitrogens with zero attached hydrogens (tertiary/aromatic N) is 2. The molecule has 1 aliphatic heterocycles. The molecule has 2 aromatic carbocycles. The molecule has 0 saturated carbocycles. The predicted molar refractivity (Wildman–Crippen MR) is 125 cm³/mol. The summed E-state index contributed by atoms with van der Waals surface area (Å²) < 4.78 is 40.9. The van der Waals surface area contributed by atoms with E-state index in [1.165, 1.54) is 18.2 Å². The highest BCUT2D eigenvalue weighted by Gasteiger charge is 2.29. The molecule has 36 heavy (non-hydrogen) atoms. The fraction of sp³-hybridized carbons (Fsp3) is 0.250. The van der Waals surface area contributed by atoms with Crippen LogP contribution < -0.4 is 21.5 Å². The number of aliphatic hydroxyl groups excluding tert-OH is 1. The molecule has 0 fully saturated rings. The lowest BCUT2D eigenvalue weighted by Gasteiger charge is -2.22. The number of aliphatic hydroxyl groups is 1. The van der Waals surface area contributed by atoms with Gasteiger partial charge in [-0.3, -0.25) is 9.59 Å². The number of aromatic nitrogens is 2. The average Bonchev–Trinajstić information content (AvgIpc) is 2.84. The van der Waals surface area contributed by atoms with E-state index in [4.69, 9.17) is 16.2 Å². The van der Waals surface area contributed by atoms with E-state index in [9.17, 15) is 27.9 Å². The second kappa shape index (κ2) is 11.0. The summed E-state index contributed by atoms with van der Waals surface area (Å²) in [6.45, 7) is 1.79. The summed E-state index contributed by atoms with van der Waals surface area (Å²) >= 11 is 0. The van der Waals surface area contributed by atoms with Crippen LogP contribution in [0.15, 0.2) is 54.6 Å². The van der Waals surface area contributed by atoms with Crippen molar-refractivity contribution in [2.75, 3.05) is 11.9 Å². The van der Waals surface area contributed by atoms with Crippen molar-refractivity contribution >= 4 is 17.6 Å². The van der Waals surface area contributed by atoms with Gasteiger partial charge in [-0.25, -0.2) is 9.97 Å². The molecule has 9 nitrogen and oxygen atoms in total. The Hall–Kier alpha value is -4.19. The first kappa shape index (κ1) is 26.4. The Kier molecular flexibility index (Phi) is 8.10. The van der Waals surface area contributed by atoms with E-state index in [1.54, 1.807) is 25.1 Å². The summed E-state index contributed by atoms with van der Waals surface area (Å²) in [7, 11) is 0. The van der Waals surface area contributed by atoms with E-state index in [-0.39, 0.29) is 23.9 Å². The van der Waals surface area contributed by atoms with Crippen LogP contribution in [-0.4, -0.2) is 45.6 Å². The molecule has 0 radical (unpaired) electrons. The molecule has 2 amide bonds. The van der Waals surface area contributed by atoms with Crippen molar-refractivity contribution in [3.05, 3.63) is 71.4 Å². The van der Waals surface area contributed by atoms with E-state index < -0.39 is 35.7 Å². The molecule has 0 aliphatic carbocycles. The number of hydrogen-bond donors (Lipinski definition) is 4. The van der Waals surface area contributed by atoms with Gasteiger partial charge in [-0.15, -0.1) is 0 Å². The summed E-state index contributed by atoms with van der Waals surface area (Å²) in [6.07, 6.45) is -4.24. The number of halogens is 3. The highest BCUT2D eigenvalue weighted by atomic mass is 19.4. The lowest BCUT2D eigenvalue weighted by molar-refractivity contribution is -0.137. The van der Waals surface area contributed by atoms with Gasteiger partial charge in [-0.05, 0) is 18.6 Å². The third kappa shape index (κ3) is 6.92. The number of carbonyl (C=O) groups excluding carboxylic acids is 2. The second-order valence-corrected chi connectivity index (χ2v) is 7.95. The zero-order valence-corrected chi connectivity index (χ0v) is 19.1. The van der Waals surface area contributed by atoms with Crippen molar-refractivity contribution in [3.8, 4) is 17.1 Å². The van der Waals surface area contributed by atoms with Gasteiger partial charge in [0.05, 0.1) is 11.7 Å². The Labute approximate surface area is 204 Å².